The molecular weight excluding hydrogens is 493 g/mol. The molecule has 1 N–H and O–H groups in total. The molecule has 0 saturated carbocycles. The van der Waals surface area contributed by atoms with Crippen molar-refractivity contribution in [2.75, 3.05) is 11.1 Å². The van der Waals surface area contributed by atoms with Gasteiger partial charge in [0.25, 0.3) is 0 Å². The van der Waals surface area contributed by atoms with Crippen molar-refractivity contribution in [3.05, 3.63) is 94.7 Å². The van der Waals surface area contributed by atoms with Gasteiger partial charge in [-0.1, -0.05) is 72.4 Å². The van der Waals surface area contributed by atoms with Gasteiger partial charge in [0.2, 0.25) is 5.91 Å². The van der Waals surface area contributed by atoms with E-state index in [1.165, 1.54) is 11.8 Å². The van der Waals surface area contributed by atoms with Crippen LogP contribution in [-0.2, 0) is 4.79 Å². The average molecular weight is 511 g/mol. The van der Waals surface area contributed by atoms with Crippen LogP contribution in [0.4, 0.5) is 5.69 Å². The lowest BCUT2D eigenvalue weighted by Crippen LogP contribution is -2.15. The highest BCUT2D eigenvalue weighted by Gasteiger charge is 2.14. The van der Waals surface area contributed by atoms with E-state index in [0.717, 1.165) is 31.4 Å². The lowest BCUT2D eigenvalue weighted by Gasteiger charge is -2.08. The van der Waals surface area contributed by atoms with Gasteiger partial charge in [0.1, 0.15) is 0 Å². The van der Waals surface area contributed by atoms with E-state index in [1.807, 2.05) is 95.7 Å². The number of rotatable bonds is 6. The SMILES string of the molecule is O=C(CSc1nc(-c2ccccc2)cn1-c1ccccc1)Nc1ccccc1I. The van der Waals surface area contributed by atoms with Crippen molar-refractivity contribution in [2.45, 2.75) is 5.16 Å². The first-order valence-corrected chi connectivity index (χ1v) is 11.1. The standard InChI is InChI=1S/C23H18IN3OS/c24-19-13-7-8-14-20(19)25-22(28)16-29-23-26-21(17-9-3-1-4-10-17)15-27(23)18-11-5-2-6-12-18/h1-15H,16H2,(H,25,28). The first-order valence-electron chi connectivity index (χ1n) is 9.08. The number of nitrogens with zero attached hydrogens (tertiary/aromatic N) is 2. The Bertz CT molecular complexity index is 1110. The van der Waals surface area contributed by atoms with E-state index in [0.29, 0.717) is 0 Å². The fourth-order valence-corrected chi connectivity index (χ4v) is 4.18. The summed E-state index contributed by atoms with van der Waals surface area (Å²) in [5.41, 5.74) is 3.78. The monoisotopic (exact) mass is 511 g/mol. The van der Waals surface area contributed by atoms with E-state index in [2.05, 4.69) is 27.9 Å². The number of thioether (sulfide) groups is 1. The summed E-state index contributed by atoms with van der Waals surface area (Å²) >= 11 is 3.65. The highest BCUT2D eigenvalue weighted by atomic mass is 127. The van der Waals surface area contributed by atoms with Crippen molar-refractivity contribution in [2.24, 2.45) is 0 Å². The second-order valence-electron chi connectivity index (χ2n) is 6.30. The van der Waals surface area contributed by atoms with Crippen LogP contribution < -0.4 is 5.32 Å². The molecule has 0 aliphatic rings. The molecule has 0 atom stereocenters. The molecule has 0 spiro atoms. The van der Waals surface area contributed by atoms with Crippen LogP contribution in [0.3, 0.4) is 0 Å². The molecule has 6 heteroatoms. The molecular formula is C23H18IN3OS. The van der Waals surface area contributed by atoms with E-state index in [1.54, 1.807) is 0 Å². The van der Waals surface area contributed by atoms with Gasteiger partial charge in [0, 0.05) is 21.0 Å². The second kappa shape index (κ2) is 9.28. The van der Waals surface area contributed by atoms with Crippen LogP contribution in [0.25, 0.3) is 16.9 Å². The maximum absolute atomic E-state index is 12.5. The van der Waals surface area contributed by atoms with E-state index < -0.39 is 0 Å². The molecule has 1 heterocycles. The zero-order valence-electron chi connectivity index (χ0n) is 15.5. The van der Waals surface area contributed by atoms with Crippen molar-refractivity contribution >= 4 is 45.9 Å². The summed E-state index contributed by atoms with van der Waals surface area (Å²) in [6, 6.07) is 27.9. The third-order valence-corrected chi connectivity index (χ3v) is 6.15. The maximum atomic E-state index is 12.5. The number of para-hydroxylation sites is 2. The van der Waals surface area contributed by atoms with Crippen LogP contribution in [0.2, 0.25) is 0 Å². The fraction of sp³-hybridized carbons (Fsp3) is 0.0435. The second-order valence-corrected chi connectivity index (χ2v) is 8.40. The predicted molar refractivity (Wildman–Crippen MR) is 128 cm³/mol. The van der Waals surface area contributed by atoms with Gasteiger partial charge in [-0.05, 0) is 46.9 Å². The number of hydrogen-bond donors (Lipinski definition) is 1. The Morgan fingerprint density at radius 2 is 1.59 bits per heavy atom. The van der Waals surface area contributed by atoms with Gasteiger partial charge in [-0.15, -0.1) is 0 Å². The van der Waals surface area contributed by atoms with E-state index in [-0.39, 0.29) is 11.7 Å². The molecule has 4 nitrogen and oxygen atoms in total. The number of anilines is 1. The van der Waals surface area contributed by atoms with Crippen LogP contribution in [0.1, 0.15) is 0 Å². The molecule has 144 valence electrons. The summed E-state index contributed by atoms with van der Waals surface area (Å²) in [6.07, 6.45) is 2.02. The molecule has 0 saturated heterocycles. The highest BCUT2D eigenvalue weighted by molar-refractivity contribution is 14.1. The smallest absolute Gasteiger partial charge is 0.234 e. The Morgan fingerprint density at radius 3 is 2.31 bits per heavy atom. The number of nitrogens with one attached hydrogen (secondary N) is 1. The van der Waals surface area contributed by atoms with Gasteiger partial charge < -0.3 is 5.32 Å². The van der Waals surface area contributed by atoms with Gasteiger partial charge >= 0.3 is 0 Å². The third-order valence-electron chi connectivity index (χ3n) is 4.26. The number of aromatic nitrogens is 2. The minimum Gasteiger partial charge on any atom is -0.324 e. The summed E-state index contributed by atoms with van der Waals surface area (Å²) in [4.78, 5) is 17.3. The van der Waals surface area contributed by atoms with Gasteiger partial charge in [-0.3, -0.25) is 9.36 Å². The van der Waals surface area contributed by atoms with Crippen LogP contribution in [0.15, 0.2) is 96.3 Å². The summed E-state index contributed by atoms with van der Waals surface area (Å²) in [7, 11) is 0. The van der Waals surface area contributed by atoms with E-state index in [4.69, 9.17) is 4.98 Å². The fourth-order valence-electron chi connectivity index (χ4n) is 2.87. The van der Waals surface area contributed by atoms with Crippen molar-refractivity contribution in [3.63, 3.8) is 0 Å². The van der Waals surface area contributed by atoms with Gasteiger partial charge in [-0.2, -0.15) is 0 Å². The number of carbonyl (C=O) groups excluding carboxylic acids is 1. The first kappa shape index (κ1) is 19.7. The van der Waals surface area contributed by atoms with Crippen LogP contribution in [0.5, 0.6) is 0 Å². The topological polar surface area (TPSA) is 46.9 Å². The van der Waals surface area contributed by atoms with E-state index in [9.17, 15) is 4.79 Å². The van der Waals surface area contributed by atoms with Gasteiger partial charge in [0.15, 0.2) is 5.16 Å². The molecule has 0 fully saturated rings. The highest BCUT2D eigenvalue weighted by Crippen LogP contribution is 2.27. The first-order chi connectivity index (χ1) is 14.2. The molecule has 0 bridgehead atoms. The summed E-state index contributed by atoms with van der Waals surface area (Å²) in [6.45, 7) is 0. The molecule has 4 aromatic rings. The molecule has 29 heavy (non-hydrogen) atoms. The van der Waals surface area contributed by atoms with Crippen LogP contribution in [0, 0.1) is 3.57 Å². The van der Waals surface area contributed by atoms with Gasteiger partial charge in [-0.25, -0.2) is 4.98 Å². The van der Waals surface area contributed by atoms with Crippen LogP contribution >= 0.6 is 34.4 Å². The lowest BCUT2D eigenvalue weighted by molar-refractivity contribution is -0.113. The third kappa shape index (κ3) is 4.89. The van der Waals surface area contributed by atoms with Crippen molar-refractivity contribution in [1.82, 2.24) is 9.55 Å². The lowest BCUT2D eigenvalue weighted by atomic mass is 10.2. The summed E-state index contributed by atoms with van der Waals surface area (Å²) < 4.78 is 3.05. The number of halogens is 1. The molecule has 0 radical (unpaired) electrons. The van der Waals surface area contributed by atoms with Crippen molar-refractivity contribution in [1.29, 1.82) is 0 Å². The number of carbonyl (C=O) groups is 1. The normalized spacial score (nSPS) is 10.7. The largest absolute Gasteiger partial charge is 0.324 e. The number of imidazole rings is 1. The zero-order valence-corrected chi connectivity index (χ0v) is 18.4. The molecule has 1 amide bonds. The Kier molecular flexibility index (Phi) is 6.31. The summed E-state index contributed by atoms with van der Waals surface area (Å²) in [5, 5.41) is 3.76. The summed E-state index contributed by atoms with van der Waals surface area (Å²) in [5.74, 6) is 0.228. The van der Waals surface area contributed by atoms with E-state index >= 15 is 0 Å². The molecule has 0 aliphatic carbocycles. The Labute approximate surface area is 187 Å². The molecule has 0 aliphatic heterocycles. The van der Waals surface area contributed by atoms with Crippen molar-refractivity contribution < 1.29 is 4.79 Å². The minimum absolute atomic E-state index is 0.0528. The predicted octanol–water partition coefficient (Wildman–Crippen LogP) is 5.87. The molecule has 4 rings (SSSR count). The maximum Gasteiger partial charge on any atom is 0.234 e. The Balaban J connectivity index is 1.56. The molecule has 0 unspecified atom stereocenters. The van der Waals surface area contributed by atoms with Crippen LogP contribution in [-0.4, -0.2) is 21.2 Å². The van der Waals surface area contributed by atoms with Crippen molar-refractivity contribution in [3.8, 4) is 16.9 Å². The Morgan fingerprint density at radius 1 is 0.931 bits per heavy atom. The molecule has 1 aromatic heterocycles. The molecule has 3 aromatic carbocycles. The van der Waals surface area contributed by atoms with Gasteiger partial charge in [0.05, 0.1) is 17.1 Å². The number of hydrogen-bond acceptors (Lipinski definition) is 3. The average Bonchev–Trinajstić information content (AvgIpc) is 3.20. The quantitative estimate of drug-likeness (QED) is 0.260. The Hall–Kier alpha value is -2.58. The number of amides is 1. The minimum atomic E-state index is -0.0528. The zero-order chi connectivity index (χ0) is 20.1. The number of benzene rings is 3.